The molecular weight excluding hydrogens is 302 g/mol. The normalized spacial score (nSPS) is 9.91. The first-order valence-corrected chi connectivity index (χ1v) is 6.67. The Morgan fingerprint density at radius 3 is 2.91 bits per heavy atom. The molecule has 0 saturated heterocycles. The van der Waals surface area contributed by atoms with Crippen molar-refractivity contribution in [2.24, 2.45) is 0 Å². The fraction of sp³-hybridized carbons (Fsp3) is 0.214. The number of imidazole rings is 1. The molecule has 0 aliphatic carbocycles. The number of aromatic nitrogens is 2. The predicted molar refractivity (Wildman–Crippen MR) is 80.1 cm³/mol. The second-order valence-corrected chi connectivity index (χ2v) is 4.38. The molecule has 1 aromatic carbocycles. The van der Waals surface area contributed by atoms with E-state index in [4.69, 9.17) is 4.74 Å². The van der Waals surface area contributed by atoms with Gasteiger partial charge >= 0.3 is 5.97 Å². The number of hydrogen-bond acceptors (Lipinski definition) is 7. The third-order valence-corrected chi connectivity index (χ3v) is 2.94. The molecular formula is C14H13N5O4. The second kappa shape index (κ2) is 7.04. The molecule has 0 bridgehead atoms. The number of nitro benzene ring substituents is 1. The maximum absolute atomic E-state index is 11.4. The Bertz CT molecular complexity index is 764. The zero-order chi connectivity index (χ0) is 16.8. The van der Waals surface area contributed by atoms with E-state index in [0.29, 0.717) is 5.69 Å². The van der Waals surface area contributed by atoms with Crippen LogP contribution < -0.4 is 5.32 Å². The molecule has 0 amide bonds. The van der Waals surface area contributed by atoms with Crippen LogP contribution in [0.2, 0.25) is 0 Å². The molecule has 1 aromatic heterocycles. The fourth-order valence-electron chi connectivity index (χ4n) is 1.95. The van der Waals surface area contributed by atoms with Crippen LogP contribution in [0.3, 0.4) is 0 Å². The van der Waals surface area contributed by atoms with Gasteiger partial charge in [0.2, 0.25) is 0 Å². The Morgan fingerprint density at radius 2 is 2.35 bits per heavy atom. The van der Waals surface area contributed by atoms with Crippen LogP contribution in [0.1, 0.15) is 12.5 Å². The van der Waals surface area contributed by atoms with Crippen molar-refractivity contribution in [1.29, 1.82) is 5.26 Å². The van der Waals surface area contributed by atoms with Crippen LogP contribution in [0.25, 0.3) is 5.69 Å². The number of anilines is 1. The first-order valence-electron chi connectivity index (χ1n) is 6.67. The molecule has 2 rings (SSSR count). The number of hydrogen-bond donors (Lipinski definition) is 1. The van der Waals surface area contributed by atoms with Crippen molar-refractivity contribution in [3.05, 3.63) is 46.5 Å². The van der Waals surface area contributed by atoms with Crippen molar-refractivity contribution in [2.75, 3.05) is 18.5 Å². The standard InChI is InChI=1S/C14H13N5O4/c1-2-23-14(20)8-17-11-6-12(18-4-3-16-9-18)10(7-15)5-13(11)19(21)22/h3-6,9,17H,2,8H2,1H3. The molecule has 9 heteroatoms. The van der Waals surface area contributed by atoms with Crippen LogP contribution >= 0.6 is 0 Å². The van der Waals surface area contributed by atoms with Crippen molar-refractivity contribution in [1.82, 2.24) is 9.55 Å². The number of ether oxygens (including phenoxy) is 1. The quantitative estimate of drug-likeness (QED) is 0.488. The van der Waals surface area contributed by atoms with Gasteiger partial charge in [-0.25, -0.2) is 4.98 Å². The van der Waals surface area contributed by atoms with E-state index in [9.17, 15) is 20.2 Å². The summed E-state index contributed by atoms with van der Waals surface area (Å²) in [4.78, 5) is 25.9. The van der Waals surface area contributed by atoms with Crippen molar-refractivity contribution >= 4 is 17.3 Å². The van der Waals surface area contributed by atoms with Crippen LogP contribution in [0.15, 0.2) is 30.9 Å². The Morgan fingerprint density at radius 1 is 1.57 bits per heavy atom. The van der Waals surface area contributed by atoms with Gasteiger partial charge in [-0.2, -0.15) is 5.26 Å². The molecule has 0 fully saturated rings. The minimum Gasteiger partial charge on any atom is -0.465 e. The van der Waals surface area contributed by atoms with Gasteiger partial charge in [0, 0.05) is 18.5 Å². The molecule has 0 unspecified atom stereocenters. The van der Waals surface area contributed by atoms with E-state index >= 15 is 0 Å². The summed E-state index contributed by atoms with van der Waals surface area (Å²) in [6.45, 7) is 1.67. The fourth-order valence-corrected chi connectivity index (χ4v) is 1.95. The number of nitrogens with one attached hydrogen (secondary N) is 1. The first-order chi connectivity index (χ1) is 11.1. The number of esters is 1. The van der Waals surface area contributed by atoms with Crippen molar-refractivity contribution < 1.29 is 14.5 Å². The number of carbonyl (C=O) groups excluding carboxylic acids is 1. The van der Waals surface area contributed by atoms with Crippen LogP contribution in [-0.2, 0) is 9.53 Å². The Kier molecular flexibility index (Phi) is 4.89. The lowest BCUT2D eigenvalue weighted by atomic mass is 10.1. The van der Waals surface area contributed by atoms with E-state index in [1.807, 2.05) is 6.07 Å². The molecule has 1 heterocycles. The average molecular weight is 315 g/mol. The van der Waals surface area contributed by atoms with Gasteiger partial charge in [0.1, 0.15) is 18.3 Å². The number of nitriles is 1. The van der Waals surface area contributed by atoms with Gasteiger partial charge in [-0.1, -0.05) is 0 Å². The summed E-state index contributed by atoms with van der Waals surface area (Å²) < 4.78 is 6.33. The number of rotatable bonds is 6. The summed E-state index contributed by atoms with van der Waals surface area (Å²) in [5, 5.41) is 23.1. The summed E-state index contributed by atoms with van der Waals surface area (Å²) in [5.74, 6) is -0.532. The molecule has 23 heavy (non-hydrogen) atoms. The van der Waals surface area contributed by atoms with Gasteiger partial charge in [-0.15, -0.1) is 0 Å². The molecule has 9 nitrogen and oxygen atoms in total. The Labute approximate surface area is 131 Å². The smallest absolute Gasteiger partial charge is 0.325 e. The molecule has 2 aromatic rings. The first kappa shape index (κ1) is 16.0. The van der Waals surface area contributed by atoms with Gasteiger partial charge in [-0.3, -0.25) is 14.9 Å². The van der Waals surface area contributed by atoms with Crippen LogP contribution in [0.5, 0.6) is 0 Å². The highest BCUT2D eigenvalue weighted by Gasteiger charge is 2.19. The van der Waals surface area contributed by atoms with E-state index in [-0.39, 0.29) is 30.1 Å². The highest BCUT2D eigenvalue weighted by molar-refractivity contribution is 5.78. The number of carbonyl (C=O) groups is 1. The lowest BCUT2D eigenvalue weighted by Crippen LogP contribution is -2.17. The van der Waals surface area contributed by atoms with Gasteiger partial charge in [0.05, 0.1) is 29.1 Å². The van der Waals surface area contributed by atoms with E-state index in [2.05, 4.69) is 10.3 Å². The average Bonchev–Trinajstić information content (AvgIpc) is 3.06. The van der Waals surface area contributed by atoms with Gasteiger partial charge in [-0.05, 0) is 13.0 Å². The van der Waals surface area contributed by atoms with Crippen LogP contribution in [-0.4, -0.2) is 33.6 Å². The number of nitro groups is 1. The molecule has 118 valence electrons. The third-order valence-electron chi connectivity index (χ3n) is 2.94. The van der Waals surface area contributed by atoms with E-state index in [1.54, 1.807) is 17.7 Å². The number of benzene rings is 1. The maximum Gasteiger partial charge on any atom is 0.325 e. The molecule has 0 radical (unpaired) electrons. The summed E-state index contributed by atoms with van der Waals surface area (Å²) in [7, 11) is 0. The highest BCUT2D eigenvalue weighted by Crippen LogP contribution is 2.30. The largest absolute Gasteiger partial charge is 0.465 e. The van der Waals surface area contributed by atoms with Gasteiger partial charge in [0.15, 0.2) is 0 Å². The monoisotopic (exact) mass is 315 g/mol. The summed E-state index contributed by atoms with van der Waals surface area (Å²) in [5.41, 5.74) is 0.360. The van der Waals surface area contributed by atoms with E-state index in [0.717, 1.165) is 6.07 Å². The SMILES string of the molecule is CCOC(=O)CNc1cc(-n2ccnc2)c(C#N)cc1[N+](=O)[O-]. The van der Waals surface area contributed by atoms with Crippen molar-refractivity contribution in [2.45, 2.75) is 6.92 Å². The predicted octanol–water partition coefficient (Wildman–Crippen LogP) is 1.63. The molecule has 0 aliphatic rings. The molecule has 0 saturated carbocycles. The molecule has 1 N–H and O–H groups in total. The zero-order valence-corrected chi connectivity index (χ0v) is 12.2. The third kappa shape index (κ3) is 3.62. The lowest BCUT2D eigenvalue weighted by Gasteiger charge is -2.11. The van der Waals surface area contributed by atoms with E-state index < -0.39 is 10.9 Å². The lowest BCUT2D eigenvalue weighted by molar-refractivity contribution is -0.384. The minimum atomic E-state index is -0.619. The Hall–Kier alpha value is -3.41. The number of nitrogens with zero attached hydrogens (tertiary/aromatic N) is 4. The van der Waals surface area contributed by atoms with E-state index in [1.165, 1.54) is 18.6 Å². The van der Waals surface area contributed by atoms with Crippen LogP contribution in [0, 0.1) is 21.4 Å². The van der Waals surface area contributed by atoms with Gasteiger partial charge in [0.25, 0.3) is 5.69 Å². The topological polar surface area (TPSA) is 123 Å². The Balaban J connectivity index is 2.42. The van der Waals surface area contributed by atoms with Gasteiger partial charge < -0.3 is 14.6 Å². The second-order valence-electron chi connectivity index (χ2n) is 4.38. The minimum absolute atomic E-state index is 0.116. The molecule has 0 atom stereocenters. The summed E-state index contributed by atoms with van der Waals surface area (Å²) in [6, 6.07) is 4.50. The summed E-state index contributed by atoms with van der Waals surface area (Å²) in [6.07, 6.45) is 4.60. The van der Waals surface area contributed by atoms with Crippen LogP contribution in [0.4, 0.5) is 11.4 Å². The summed E-state index contributed by atoms with van der Waals surface area (Å²) >= 11 is 0. The highest BCUT2D eigenvalue weighted by atomic mass is 16.6. The van der Waals surface area contributed by atoms with Crippen molar-refractivity contribution in [3.63, 3.8) is 0 Å². The maximum atomic E-state index is 11.4. The molecule has 0 spiro atoms. The zero-order valence-electron chi connectivity index (χ0n) is 12.2. The van der Waals surface area contributed by atoms with Crippen molar-refractivity contribution in [3.8, 4) is 11.8 Å². The molecule has 0 aliphatic heterocycles.